The molecule has 0 heterocycles. The minimum absolute atomic E-state index is 0.210. The van der Waals surface area contributed by atoms with E-state index in [2.05, 4.69) is 67.8 Å². The summed E-state index contributed by atoms with van der Waals surface area (Å²) in [5.41, 5.74) is 8.20. The summed E-state index contributed by atoms with van der Waals surface area (Å²) in [5.74, 6) is 5.72. The lowest BCUT2D eigenvalue weighted by Crippen LogP contribution is -2.29. The second-order valence-corrected chi connectivity index (χ2v) is 5.10. The number of hydrogen-bond acceptors (Lipinski definition) is 2. The van der Waals surface area contributed by atoms with E-state index in [0.29, 0.717) is 0 Å². The number of rotatable bonds is 5. The molecule has 0 aliphatic rings. The van der Waals surface area contributed by atoms with E-state index in [4.69, 9.17) is 5.84 Å². The SMILES string of the molecule is Cc1cccc(CCC(NN)c2ccccc2C)c1. The van der Waals surface area contributed by atoms with Crippen LogP contribution in [0.1, 0.15) is 34.7 Å². The van der Waals surface area contributed by atoms with E-state index in [1.165, 1.54) is 22.3 Å². The van der Waals surface area contributed by atoms with Crippen LogP contribution in [0.2, 0.25) is 0 Å². The highest BCUT2D eigenvalue weighted by Gasteiger charge is 2.11. The molecule has 0 fully saturated rings. The zero-order valence-corrected chi connectivity index (χ0v) is 11.7. The van der Waals surface area contributed by atoms with Gasteiger partial charge < -0.3 is 0 Å². The van der Waals surface area contributed by atoms with E-state index in [-0.39, 0.29) is 6.04 Å². The van der Waals surface area contributed by atoms with Crippen molar-refractivity contribution in [3.05, 3.63) is 70.8 Å². The third-order valence-electron chi connectivity index (χ3n) is 3.57. The molecule has 0 amide bonds. The van der Waals surface area contributed by atoms with Gasteiger partial charge in [0.15, 0.2) is 0 Å². The Kier molecular flexibility index (Phi) is 4.72. The molecule has 0 saturated heterocycles. The smallest absolute Gasteiger partial charge is 0.0465 e. The maximum absolute atomic E-state index is 5.72. The molecule has 0 aliphatic carbocycles. The van der Waals surface area contributed by atoms with Gasteiger partial charge in [-0.3, -0.25) is 11.3 Å². The summed E-state index contributed by atoms with van der Waals surface area (Å²) in [6.45, 7) is 4.26. The largest absolute Gasteiger partial charge is 0.271 e. The molecule has 0 spiro atoms. The van der Waals surface area contributed by atoms with Crippen LogP contribution < -0.4 is 11.3 Å². The van der Waals surface area contributed by atoms with Gasteiger partial charge in [-0.05, 0) is 43.4 Å². The number of hydrogen-bond donors (Lipinski definition) is 2. The number of hydrazine groups is 1. The minimum atomic E-state index is 0.210. The second-order valence-electron chi connectivity index (χ2n) is 5.10. The van der Waals surface area contributed by atoms with Crippen LogP contribution in [0.15, 0.2) is 48.5 Å². The quantitative estimate of drug-likeness (QED) is 0.633. The molecule has 2 heteroatoms. The third-order valence-corrected chi connectivity index (χ3v) is 3.57. The predicted molar refractivity (Wildman–Crippen MR) is 80.7 cm³/mol. The van der Waals surface area contributed by atoms with Crippen molar-refractivity contribution in [1.29, 1.82) is 0 Å². The fourth-order valence-electron chi connectivity index (χ4n) is 2.49. The molecule has 2 nitrogen and oxygen atoms in total. The molecule has 2 aromatic carbocycles. The van der Waals surface area contributed by atoms with Crippen molar-refractivity contribution in [3.63, 3.8) is 0 Å². The van der Waals surface area contributed by atoms with Crippen molar-refractivity contribution in [2.75, 3.05) is 0 Å². The normalized spacial score (nSPS) is 12.4. The van der Waals surface area contributed by atoms with Crippen molar-refractivity contribution in [3.8, 4) is 0 Å². The fraction of sp³-hybridized carbons (Fsp3) is 0.294. The molecule has 0 aromatic heterocycles. The Balaban J connectivity index is 2.06. The van der Waals surface area contributed by atoms with Gasteiger partial charge in [0.25, 0.3) is 0 Å². The molecule has 0 aliphatic heterocycles. The lowest BCUT2D eigenvalue weighted by Gasteiger charge is -2.18. The Bertz CT molecular complexity index is 534. The average molecular weight is 254 g/mol. The summed E-state index contributed by atoms with van der Waals surface area (Å²) in [7, 11) is 0. The summed E-state index contributed by atoms with van der Waals surface area (Å²) < 4.78 is 0. The molecule has 3 N–H and O–H groups in total. The predicted octanol–water partition coefficient (Wildman–Crippen LogP) is 3.44. The highest BCUT2D eigenvalue weighted by Crippen LogP contribution is 2.21. The van der Waals surface area contributed by atoms with Gasteiger partial charge in [-0.2, -0.15) is 0 Å². The highest BCUT2D eigenvalue weighted by atomic mass is 15.2. The maximum atomic E-state index is 5.72. The van der Waals surface area contributed by atoms with E-state index < -0.39 is 0 Å². The number of aryl methyl sites for hydroxylation is 3. The first-order valence-corrected chi connectivity index (χ1v) is 6.78. The topological polar surface area (TPSA) is 38.0 Å². The summed E-state index contributed by atoms with van der Waals surface area (Å²) in [6.07, 6.45) is 2.04. The van der Waals surface area contributed by atoms with E-state index in [1.54, 1.807) is 0 Å². The molecular formula is C17H22N2. The molecule has 2 aromatic rings. The van der Waals surface area contributed by atoms with E-state index in [9.17, 15) is 0 Å². The first-order valence-electron chi connectivity index (χ1n) is 6.78. The lowest BCUT2D eigenvalue weighted by atomic mass is 9.96. The molecule has 19 heavy (non-hydrogen) atoms. The second kappa shape index (κ2) is 6.50. The molecule has 0 saturated carbocycles. The van der Waals surface area contributed by atoms with Gasteiger partial charge in [0.05, 0.1) is 0 Å². The van der Waals surface area contributed by atoms with Crippen LogP contribution in [0, 0.1) is 13.8 Å². The van der Waals surface area contributed by atoms with E-state index >= 15 is 0 Å². The molecule has 1 unspecified atom stereocenters. The van der Waals surface area contributed by atoms with Crippen LogP contribution in [0.4, 0.5) is 0 Å². The van der Waals surface area contributed by atoms with E-state index in [0.717, 1.165) is 12.8 Å². The number of nitrogens with one attached hydrogen (secondary N) is 1. The Morgan fingerprint density at radius 1 is 1.05 bits per heavy atom. The van der Waals surface area contributed by atoms with Crippen molar-refractivity contribution >= 4 is 0 Å². The van der Waals surface area contributed by atoms with E-state index in [1.807, 2.05) is 0 Å². The first-order chi connectivity index (χ1) is 9.20. The van der Waals surface area contributed by atoms with Crippen molar-refractivity contribution in [2.24, 2.45) is 5.84 Å². The minimum Gasteiger partial charge on any atom is -0.271 e. The van der Waals surface area contributed by atoms with Gasteiger partial charge in [-0.1, -0.05) is 54.1 Å². The van der Waals surface area contributed by atoms with Crippen molar-refractivity contribution < 1.29 is 0 Å². The Hall–Kier alpha value is -1.64. The van der Waals surface area contributed by atoms with Gasteiger partial charge in [0, 0.05) is 6.04 Å². The van der Waals surface area contributed by atoms with Crippen LogP contribution in [0.25, 0.3) is 0 Å². The molecule has 0 radical (unpaired) electrons. The molecule has 1 atom stereocenters. The van der Waals surface area contributed by atoms with Crippen LogP contribution in [0.5, 0.6) is 0 Å². The highest BCUT2D eigenvalue weighted by molar-refractivity contribution is 5.29. The van der Waals surface area contributed by atoms with Crippen LogP contribution in [-0.4, -0.2) is 0 Å². The summed E-state index contributed by atoms with van der Waals surface area (Å²) in [4.78, 5) is 0. The summed E-state index contributed by atoms with van der Waals surface area (Å²) in [6, 6.07) is 17.3. The number of nitrogens with two attached hydrogens (primary N) is 1. The lowest BCUT2D eigenvalue weighted by molar-refractivity contribution is 0.514. The van der Waals surface area contributed by atoms with Gasteiger partial charge in [-0.25, -0.2) is 0 Å². The monoisotopic (exact) mass is 254 g/mol. The van der Waals surface area contributed by atoms with Crippen LogP contribution >= 0.6 is 0 Å². The summed E-state index contributed by atoms with van der Waals surface area (Å²) in [5, 5.41) is 0. The average Bonchev–Trinajstić information content (AvgIpc) is 2.41. The zero-order chi connectivity index (χ0) is 13.7. The molecule has 100 valence electrons. The van der Waals surface area contributed by atoms with Gasteiger partial charge in [-0.15, -0.1) is 0 Å². The third kappa shape index (κ3) is 3.66. The van der Waals surface area contributed by atoms with Crippen molar-refractivity contribution in [2.45, 2.75) is 32.7 Å². The fourth-order valence-corrected chi connectivity index (χ4v) is 2.49. The Morgan fingerprint density at radius 2 is 1.84 bits per heavy atom. The summed E-state index contributed by atoms with van der Waals surface area (Å²) >= 11 is 0. The number of benzene rings is 2. The maximum Gasteiger partial charge on any atom is 0.0465 e. The molecule has 2 rings (SSSR count). The van der Waals surface area contributed by atoms with Gasteiger partial charge in [0.1, 0.15) is 0 Å². The van der Waals surface area contributed by atoms with Crippen LogP contribution in [0.3, 0.4) is 0 Å². The molecule has 0 bridgehead atoms. The van der Waals surface area contributed by atoms with Crippen molar-refractivity contribution in [1.82, 2.24) is 5.43 Å². The molecular weight excluding hydrogens is 232 g/mol. The Morgan fingerprint density at radius 3 is 2.53 bits per heavy atom. The van der Waals surface area contributed by atoms with Gasteiger partial charge >= 0.3 is 0 Å². The van der Waals surface area contributed by atoms with Crippen LogP contribution in [-0.2, 0) is 6.42 Å². The first kappa shape index (κ1) is 13.8. The zero-order valence-electron chi connectivity index (χ0n) is 11.7. The van der Waals surface area contributed by atoms with Gasteiger partial charge in [0.2, 0.25) is 0 Å². The Labute approximate surface area is 115 Å². The standard InChI is InChI=1S/C17H22N2/c1-13-6-5-8-15(12-13)10-11-17(19-18)16-9-4-3-7-14(16)2/h3-9,12,17,19H,10-11,18H2,1-2H3.